The molecule has 1 aliphatic rings. The number of aliphatic carboxylic acids is 1. The zero-order valence-electron chi connectivity index (χ0n) is 11.8. The molecule has 0 bridgehead atoms. The molecule has 0 spiro atoms. The summed E-state index contributed by atoms with van der Waals surface area (Å²) >= 11 is 0. The van der Waals surface area contributed by atoms with Gasteiger partial charge in [0.2, 0.25) is 0 Å². The van der Waals surface area contributed by atoms with Gasteiger partial charge in [0.15, 0.2) is 0 Å². The number of amides is 1. The molecule has 2 unspecified atom stereocenters. The van der Waals surface area contributed by atoms with Crippen LogP contribution in [0.2, 0.25) is 0 Å². The molecule has 1 aliphatic heterocycles. The third-order valence-electron chi connectivity index (χ3n) is 4.07. The maximum atomic E-state index is 12.5. The fraction of sp³-hybridized carbons (Fsp3) is 0.467. The molecule has 0 aliphatic carbocycles. The minimum absolute atomic E-state index is 0.237. The number of carboxylic acids is 1. The zero-order valence-corrected chi connectivity index (χ0v) is 11.8. The molecule has 1 heterocycles. The summed E-state index contributed by atoms with van der Waals surface area (Å²) in [6.07, 6.45) is 1.99. The summed E-state index contributed by atoms with van der Waals surface area (Å²) < 4.78 is 0. The van der Waals surface area contributed by atoms with Gasteiger partial charge >= 0.3 is 5.97 Å². The zero-order chi connectivity index (χ0) is 15.6. The fourth-order valence-corrected chi connectivity index (χ4v) is 2.78. The van der Waals surface area contributed by atoms with Gasteiger partial charge in [0.1, 0.15) is 23.1 Å². The Labute approximate surface area is 122 Å². The molecule has 1 fully saturated rings. The number of piperidine rings is 1. The van der Waals surface area contributed by atoms with Crippen molar-refractivity contribution in [3.05, 3.63) is 23.8 Å². The smallest absolute Gasteiger partial charge is 0.326 e. The van der Waals surface area contributed by atoms with Crippen LogP contribution in [0.25, 0.3) is 0 Å². The number of aromatic hydroxyl groups is 2. The normalized spacial score (nSPS) is 22.0. The highest BCUT2D eigenvalue weighted by Gasteiger charge is 2.37. The van der Waals surface area contributed by atoms with E-state index in [2.05, 4.69) is 0 Å². The molecular weight excluding hydrogens is 274 g/mol. The molecule has 0 radical (unpaired) electrons. The lowest BCUT2D eigenvalue weighted by Crippen LogP contribution is -2.50. The van der Waals surface area contributed by atoms with E-state index in [4.69, 9.17) is 0 Å². The SMILES string of the molecule is CCC1CCN(C(=O)c2c(O)cccc2O)C(C(=O)O)C1. The van der Waals surface area contributed by atoms with Gasteiger partial charge in [-0.05, 0) is 30.9 Å². The number of phenols is 2. The Hall–Kier alpha value is -2.24. The lowest BCUT2D eigenvalue weighted by molar-refractivity contribution is -0.144. The van der Waals surface area contributed by atoms with Crippen LogP contribution >= 0.6 is 0 Å². The van der Waals surface area contributed by atoms with E-state index in [1.54, 1.807) is 0 Å². The van der Waals surface area contributed by atoms with Gasteiger partial charge in [-0.1, -0.05) is 19.4 Å². The summed E-state index contributed by atoms with van der Waals surface area (Å²) in [5.74, 6) is -2.12. The summed E-state index contributed by atoms with van der Waals surface area (Å²) in [5, 5.41) is 28.9. The van der Waals surface area contributed by atoms with Gasteiger partial charge in [-0.25, -0.2) is 4.79 Å². The Balaban J connectivity index is 2.31. The molecule has 1 aromatic carbocycles. The van der Waals surface area contributed by atoms with E-state index in [1.807, 2.05) is 6.92 Å². The van der Waals surface area contributed by atoms with Gasteiger partial charge in [-0.2, -0.15) is 0 Å². The third kappa shape index (κ3) is 2.94. The van der Waals surface area contributed by atoms with E-state index in [1.165, 1.54) is 23.1 Å². The number of likely N-dealkylation sites (tertiary alicyclic amines) is 1. The number of hydrogen-bond acceptors (Lipinski definition) is 4. The number of rotatable bonds is 3. The molecule has 0 saturated carbocycles. The number of carbonyl (C=O) groups is 2. The van der Waals surface area contributed by atoms with Crippen molar-refractivity contribution < 1.29 is 24.9 Å². The van der Waals surface area contributed by atoms with E-state index < -0.39 is 17.9 Å². The van der Waals surface area contributed by atoms with Crippen molar-refractivity contribution in [1.82, 2.24) is 4.90 Å². The summed E-state index contributed by atoms with van der Waals surface area (Å²) in [4.78, 5) is 25.1. The highest BCUT2D eigenvalue weighted by molar-refractivity contribution is 6.01. The highest BCUT2D eigenvalue weighted by atomic mass is 16.4. The number of nitrogens with zero attached hydrogens (tertiary/aromatic N) is 1. The van der Waals surface area contributed by atoms with Crippen LogP contribution in [-0.2, 0) is 4.79 Å². The first-order chi connectivity index (χ1) is 9.95. The molecule has 2 atom stereocenters. The lowest BCUT2D eigenvalue weighted by Gasteiger charge is -2.37. The molecule has 6 heteroatoms. The van der Waals surface area contributed by atoms with Crippen LogP contribution < -0.4 is 0 Å². The average Bonchev–Trinajstić information content (AvgIpc) is 2.46. The van der Waals surface area contributed by atoms with E-state index >= 15 is 0 Å². The van der Waals surface area contributed by atoms with Crippen molar-refractivity contribution in [2.75, 3.05) is 6.54 Å². The summed E-state index contributed by atoms with van der Waals surface area (Å²) in [5.41, 5.74) is -0.237. The predicted molar refractivity (Wildman–Crippen MR) is 75.2 cm³/mol. The quantitative estimate of drug-likeness (QED) is 0.789. The second-order valence-corrected chi connectivity index (χ2v) is 5.32. The maximum Gasteiger partial charge on any atom is 0.326 e. The molecule has 6 nitrogen and oxygen atoms in total. The highest BCUT2D eigenvalue weighted by Crippen LogP contribution is 2.32. The molecule has 2 rings (SSSR count). The minimum atomic E-state index is -1.06. The first-order valence-electron chi connectivity index (χ1n) is 7.00. The van der Waals surface area contributed by atoms with Crippen molar-refractivity contribution in [3.8, 4) is 11.5 Å². The average molecular weight is 293 g/mol. The monoisotopic (exact) mass is 293 g/mol. The first kappa shape index (κ1) is 15.2. The predicted octanol–water partition coefficient (Wildman–Crippen LogP) is 1.81. The Kier molecular flexibility index (Phi) is 4.35. The lowest BCUT2D eigenvalue weighted by atomic mass is 9.88. The van der Waals surface area contributed by atoms with Gasteiger partial charge in [0, 0.05) is 6.54 Å². The van der Waals surface area contributed by atoms with E-state index in [9.17, 15) is 24.9 Å². The van der Waals surface area contributed by atoms with Crippen molar-refractivity contribution in [3.63, 3.8) is 0 Å². The van der Waals surface area contributed by atoms with Crippen molar-refractivity contribution >= 4 is 11.9 Å². The number of carboxylic acid groups (broad SMARTS) is 1. The van der Waals surface area contributed by atoms with Gasteiger partial charge in [-0.15, -0.1) is 0 Å². The standard InChI is InChI=1S/C15H19NO5/c1-2-9-6-7-16(10(8-9)15(20)21)14(19)13-11(17)4-3-5-12(13)18/h3-5,9-10,17-18H,2,6-8H2,1H3,(H,20,21). The number of benzene rings is 1. The molecule has 1 amide bonds. The maximum absolute atomic E-state index is 12.5. The third-order valence-corrected chi connectivity index (χ3v) is 4.07. The first-order valence-corrected chi connectivity index (χ1v) is 7.00. The summed E-state index contributed by atoms with van der Waals surface area (Å²) in [6, 6.07) is 3.08. The van der Waals surface area contributed by atoms with Crippen LogP contribution in [0, 0.1) is 5.92 Å². The van der Waals surface area contributed by atoms with Crippen LogP contribution in [0.15, 0.2) is 18.2 Å². The summed E-state index contributed by atoms with van der Waals surface area (Å²) in [6.45, 7) is 2.30. The van der Waals surface area contributed by atoms with Gasteiger partial charge in [0.05, 0.1) is 0 Å². The fourth-order valence-electron chi connectivity index (χ4n) is 2.78. The number of carbonyl (C=O) groups excluding carboxylic acids is 1. The Bertz CT molecular complexity index is 537. The van der Waals surface area contributed by atoms with Crippen LogP contribution in [0.5, 0.6) is 11.5 Å². The van der Waals surface area contributed by atoms with Crippen molar-refractivity contribution in [2.24, 2.45) is 5.92 Å². The second kappa shape index (κ2) is 6.03. The molecule has 21 heavy (non-hydrogen) atoms. The molecule has 114 valence electrons. The Morgan fingerprint density at radius 3 is 2.43 bits per heavy atom. The number of hydrogen-bond donors (Lipinski definition) is 3. The van der Waals surface area contributed by atoms with E-state index in [0.29, 0.717) is 13.0 Å². The largest absolute Gasteiger partial charge is 0.507 e. The Morgan fingerprint density at radius 1 is 1.29 bits per heavy atom. The Morgan fingerprint density at radius 2 is 1.90 bits per heavy atom. The molecular formula is C15H19NO5. The molecule has 0 aromatic heterocycles. The van der Waals surface area contributed by atoms with Gasteiger partial charge in [-0.3, -0.25) is 4.79 Å². The van der Waals surface area contributed by atoms with Crippen molar-refractivity contribution in [2.45, 2.75) is 32.2 Å². The molecule has 3 N–H and O–H groups in total. The van der Waals surface area contributed by atoms with Crippen LogP contribution in [0.4, 0.5) is 0 Å². The molecule has 1 aromatic rings. The van der Waals surface area contributed by atoms with Crippen LogP contribution in [0.3, 0.4) is 0 Å². The van der Waals surface area contributed by atoms with Crippen molar-refractivity contribution in [1.29, 1.82) is 0 Å². The molecule has 1 saturated heterocycles. The minimum Gasteiger partial charge on any atom is -0.507 e. The van der Waals surface area contributed by atoms with Crippen LogP contribution in [-0.4, -0.2) is 44.7 Å². The number of phenolic OH excluding ortho intramolecular Hbond substituents is 2. The van der Waals surface area contributed by atoms with E-state index in [0.717, 1.165) is 12.8 Å². The summed E-state index contributed by atoms with van der Waals surface area (Å²) in [7, 11) is 0. The van der Waals surface area contributed by atoms with E-state index in [-0.39, 0.29) is 23.0 Å². The topological polar surface area (TPSA) is 98.1 Å². The van der Waals surface area contributed by atoms with Gasteiger partial charge in [0.25, 0.3) is 5.91 Å². The second-order valence-electron chi connectivity index (χ2n) is 5.32. The van der Waals surface area contributed by atoms with Gasteiger partial charge < -0.3 is 20.2 Å². The van der Waals surface area contributed by atoms with Crippen LogP contribution in [0.1, 0.15) is 36.5 Å².